The van der Waals surface area contributed by atoms with E-state index in [9.17, 15) is 4.79 Å². The molecule has 3 aromatic rings. The number of hydrogen-bond donors (Lipinski definition) is 3. The first kappa shape index (κ1) is 24.0. The molecular formula is C24H32N6O3. The second-order valence-electron chi connectivity index (χ2n) is 7.72. The summed E-state index contributed by atoms with van der Waals surface area (Å²) in [5, 5.41) is 9.67. The molecule has 0 aliphatic rings. The number of carbonyl (C=O) groups is 1. The lowest BCUT2D eigenvalue weighted by atomic mass is 10.1. The van der Waals surface area contributed by atoms with Gasteiger partial charge >= 0.3 is 0 Å². The normalized spacial score (nSPS) is 11.6. The SMILES string of the molecule is CCCC[C@H](CNC(C)=O)Nc1nc(NCc2ccc(OC)cc2OC)nc2cccnc12. The van der Waals surface area contributed by atoms with E-state index in [1.807, 2.05) is 30.3 Å². The highest BCUT2D eigenvalue weighted by Gasteiger charge is 2.15. The number of hydrogen-bond acceptors (Lipinski definition) is 8. The number of amides is 1. The molecule has 9 heteroatoms. The van der Waals surface area contributed by atoms with Crippen LogP contribution in [-0.2, 0) is 11.3 Å². The number of anilines is 2. The Morgan fingerprint density at radius 1 is 1.15 bits per heavy atom. The quantitative estimate of drug-likeness (QED) is 0.381. The van der Waals surface area contributed by atoms with Gasteiger partial charge in [-0.2, -0.15) is 4.98 Å². The lowest BCUT2D eigenvalue weighted by Gasteiger charge is -2.20. The van der Waals surface area contributed by atoms with E-state index in [1.165, 1.54) is 6.92 Å². The van der Waals surface area contributed by atoms with Crippen molar-refractivity contribution in [3.8, 4) is 11.5 Å². The number of ether oxygens (including phenoxy) is 2. The number of unbranched alkanes of at least 4 members (excludes halogenated alkanes) is 1. The summed E-state index contributed by atoms with van der Waals surface area (Å²) in [5.74, 6) is 2.51. The summed E-state index contributed by atoms with van der Waals surface area (Å²) in [5.41, 5.74) is 2.37. The van der Waals surface area contributed by atoms with E-state index in [2.05, 4.69) is 32.8 Å². The first-order chi connectivity index (χ1) is 16.0. The third-order valence-corrected chi connectivity index (χ3v) is 5.23. The third-order valence-electron chi connectivity index (χ3n) is 5.23. The van der Waals surface area contributed by atoms with E-state index in [4.69, 9.17) is 14.5 Å². The Bertz CT molecular complexity index is 1080. The Morgan fingerprint density at radius 3 is 2.73 bits per heavy atom. The van der Waals surface area contributed by atoms with Crippen LogP contribution < -0.4 is 25.4 Å². The molecule has 0 fully saturated rings. The molecule has 0 aliphatic carbocycles. The summed E-state index contributed by atoms with van der Waals surface area (Å²) in [6, 6.07) is 9.46. The van der Waals surface area contributed by atoms with Crippen LogP contribution in [0.15, 0.2) is 36.5 Å². The lowest BCUT2D eigenvalue weighted by Crippen LogP contribution is -2.35. The van der Waals surface area contributed by atoms with Gasteiger partial charge in [0.05, 0.1) is 19.7 Å². The van der Waals surface area contributed by atoms with Crippen LogP contribution in [-0.4, -0.2) is 47.7 Å². The average Bonchev–Trinajstić information content (AvgIpc) is 2.84. The van der Waals surface area contributed by atoms with Crippen molar-refractivity contribution in [3.05, 3.63) is 42.1 Å². The van der Waals surface area contributed by atoms with Crippen molar-refractivity contribution in [3.63, 3.8) is 0 Å². The maximum Gasteiger partial charge on any atom is 0.225 e. The van der Waals surface area contributed by atoms with Crippen LogP contribution in [0, 0.1) is 0 Å². The number of benzene rings is 1. The second-order valence-corrected chi connectivity index (χ2v) is 7.72. The molecule has 33 heavy (non-hydrogen) atoms. The summed E-state index contributed by atoms with van der Waals surface area (Å²) < 4.78 is 10.8. The van der Waals surface area contributed by atoms with Gasteiger partial charge in [-0.3, -0.25) is 9.78 Å². The van der Waals surface area contributed by atoms with Crippen LogP contribution in [0.5, 0.6) is 11.5 Å². The van der Waals surface area contributed by atoms with Crippen LogP contribution >= 0.6 is 0 Å². The first-order valence-electron chi connectivity index (χ1n) is 11.1. The molecule has 0 bridgehead atoms. The standard InChI is InChI=1S/C24H32N6O3/c1-5-6-8-18(15-26-16(2)31)28-23-22-20(9-7-12-25-22)29-24(30-23)27-14-17-10-11-19(32-3)13-21(17)33-4/h7,9-13,18H,5-6,8,14-15H2,1-4H3,(H,26,31)(H2,27,28,29,30)/t18-/m1/s1. The van der Waals surface area contributed by atoms with Crippen molar-refractivity contribution in [2.75, 3.05) is 31.4 Å². The zero-order valence-corrected chi connectivity index (χ0v) is 19.6. The Hall–Kier alpha value is -3.62. The number of nitrogens with zero attached hydrogens (tertiary/aromatic N) is 3. The fourth-order valence-corrected chi connectivity index (χ4v) is 3.46. The van der Waals surface area contributed by atoms with Gasteiger partial charge in [0.25, 0.3) is 0 Å². The van der Waals surface area contributed by atoms with Gasteiger partial charge < -0.3 is 25.4 Å². The maximum absolute atomic E-state index is 11.4. The third kappa shape index (κ3) is 6.68. The van der Waals surface area contributed by atoms with Crippen molar-refractivity contribution >= 4 is 28.7 Å². The zero-order chi connectivity index (χ0) is 23.6. The smallest absolute Gasteiger partial charge is 0.225 e. The molecule has 176 valence electrons. The summed E-state index contributed by atoms with van der Waals surface area (Å²) in [7, 11) is 3.25. The van der Waals surface area contributed by atoms with Gasteiger partial charge in [0.2, 0.25) is 11.9 Å². The molecule has 0 unspecified atom stereocenters. The van der Waals surface area contributed by atoms with E-state index in [1.54, 1.807) is 20.4 Å². The molecule has 3 rings (SSSR count). The minimum atomic E-state index is -0.0558. The summed E-state index contributed by atoms with van der Waals surface area (Å²) in [4.78, 5) is 25.3. The van der Waals surface area contributed by atoms with Crippen LogP contribution in [0.4, 0.5) is 11.8 Å². The molecule has 0 radical (unpaired) electrons. The number of fused-ring (bicyclic) bond motifs is 1. The van der Waals surface area contributed by atoms with Crippen LogP contribution in [0.3, 0.4) is 0 Å². The van der Waals surface area contributed by atoms with E-state index >= 15 is 0 Å². The zero-order valence-electron chi connectivity index (χ0n) is 19.6. The monoisotopic (exact) mass is 452 g/mol. The average molecular weight is 453 g/mol. The molecule has 0 saturated carbocycles. The number of rotatable bonds is 12. The molecule has 1 aromatic carbocycles. The Labute approximate surface area is 194 Å². The highest BCUT2D eigenvalue weighted by Crippen LogP contribution is 2.26. The molecule has 1 amide bonds. The number of pyridine rings is 1. The molecule has 0 spiro atoms. The van der Waals surface area contributed by atoms with Gasteiger partial charge in [0.15, 0.2) is 5.82 Å². The Balaban J connectivity index is 1.84. The van der Waals surface area contributed by atoms with Gasteiger partial charge in [0.1, 0.15) is 17.0 Å². The summed E-state index contributed by atoms with van der Waals surface area (Å²) in [6.45, 7) is 4.66. The van der Waals surface area contributed by atoms with Crippen molar-refractivity contribution in [2.24, 2.45) is 0 Å². The number of carbonyl (C=O) groups excluding carboxylic acids is 1. The molecule has 0 saturated heterocycles. The van der Waals surface area contributed by atoms with E-state index in [-0.39, 0.29) is 11.9 Å². The summed E-state index contributed by atoms with van der Waals surface area (Å²) in [6.07, 6.45) is 4.73. The number of nitrogens with one attached hydrogen (secondary N) is 3. The molecular weight excluding hydrogens is 420 g/mol. The molecule has 3 N–H and O–H groups in total. The molecule has 1 atom stereocenters. The fraction of sp³-hybridized carbons (Fsp3) is 0.417. The Morgan fingerprint density at radius 2 is 2.00 bits per heavy atom. The minimum absolute atomic E-state index is 0.0310. The second kappa shape index (κ2) is 11.8. The predicted octanol–water partition coefficient (Wildman–Crippen LogP) is 3.76. The van der Waals surface area contributed by atoms with Gasteiger partial charge in [-0.05, 0) is 30.7 Å². The lowest BCUT2D eigenvalue weighted by molar-refractivity contribution is -0.119. The Kier molecular flexibility index (Phi) is 8.63. The predicted molar refractivity (Wildman–Crippen MR) is 130 cm³/mol. The van der Waals surface area contributed by atoms with Crippen molar-refractivity contribution in [1.29, 1.82) is 0 Å². The van der Waals surface area contributed by atoms with Crippen LogP contribution in [0.25, 0.3) is 11.0 Å². The molecule has 2 heterocycles. The highest BCUT2D eigenvalue weighted by atomic mass is 16.5. The van der Waals surface area contributed by atoms with Gasteiger partial charge in [-0.1, -0.05) is 19.8 Å². The van der Waals surface area contributed by atoms with E-state index in [0.29, 0.717) is 30.4 Å². The minimum Gasteiger partial charge on any atom is -0.497 e. The fourth-order valence-electron chi connectivity index (χ4n) is 3.46. The summed E-state index contributed by atoms with van der Waals surface area (Å²) >= 11 is 0. The number of aromatic nitrogens is 3. The van der Waals surface area contributed by atoms with Crippen molar-refractivity contribution in [1.82, 2.24) is 20.3 Å². The van der Waals surface area contributed by atoms with Gasteiger partial charge in [0, 0.05) is 43.9 Å². The topological polar surface area (TPSA) is 110 Å². The van der Waals surface area contributed by atoms with Gasteiger partial charge in [-0.15, -0.1) is 0 Å². The van der Waals surface area contributed by atoms with Crippen LogP contribution in [0.2, 0.25) is 0 Å². The molecule has 2 aromatic heterocycles. The highest BCUT2D eigenvalue weighted by molar-refractivity contribution is 5.86. The van der Waals surface area contributed by atoms with Crippen molar-refractivity contribution < 1.29 is 14.3 Å². The molecule has 9 nitrogen and oxygen atoms in total. The maximum atomic E-state index is 11.4. The van der Waals surface area contributed by atoms with Gasteiger partial charge in [-0.25, -0.2) is 4.98 Å². The first-order valence-corrected chi connectivity index (χ1v) is 11.1. The van der Waals surface area contributed by atoms with Crippen LogP contribution in [0.1, 0.15) is 38.7 Å². The number of methoxy groups -OCH3 is 2. The van der Waals surface area contributed by atoms with E-state index < -0.39 is 0 Å². The largest absolute Gasteiger partial charge is 0.497 e. The van der Waals surface area contributed by atoms with Crippen molar-refractivity contribution in [2.45, 2.75) is 45.7 Å². The molecule has 0 aliphatic heterocycles. The van der Waals surface area contributed by atoms with E-state index in [0.717, 1.165) is 41.8 Å².